The summed E-state index contributed by atoms with van der Waals surface area (Å²) in [4.78, 5) is 2.61. The molecule has 1 aliphatic rings. The maximum atomic E-state index is 9.88. The van der Waals surface area contributed by atoms with Gasteiger partial charge in [-0.25, -0.2) is 0 Å². The number of rotatable bonds is 7. The molecule has 0 saturated carbocycles. The number of hydrogen-bond acceptors (Lipinski definition) is 2. The molecule has 2 heteroatoms. The zero-order valence-electron chi connectivity index (χ0n) is 14.7. The Balaban J connectivity index is 1.60. The Morgan fingerprint density at radius 1 is 1.08 bits per heavy atom. The number of aromatic hydroxyl groups is 1. The third-order valence-electron chi connectivity index (χ3n) is 5.40. The van der Waals surface area contributed by atoms with Crippen LogP contribution in [0.4, 0.5) is 0 Å². The van der Waals surface area contributed by atoms with Gasteiger partial charge in [-0.15, -0.1) is 0 Å². The maximum absolute atomic E-state index is 9.88. The van der Waals surface area contributed by atoms with Crippen LogP contribution < -0.4 is 0 Å². The molecule has 0 bridgehead atoms. The highest BCUT2D eigenvalue weighted by molar-refractivity contribution is 5.34. The Hall–Kier alpha value is -1.80. The highest BCUT2D eigenvalue weighted by Gasteiger charge is 2.38. The van der Waals surface area contributed by atoms with Gasteiger partial charge in [-0.1, -0.05) is 55.8 Å². The van der Waals surface area contributed by atoms with Crippen LogP contribution >= 0.6 is 0 Å². The van der Waals surface area contributed by atoms with E-state index in [1.165, 1.54) is 49.9 Å². The molecule has 1 unspecified atom stereocenters. The van der Waals surface area contributed by atoms with Gasteiger partial charge in [0, 0.05) is 12.0 Å². The van der Waals surface area contributed by atoms with Crippen molar-refractivity contribution in [2.75, 3.05) is 19.6 Å². The first-order valence-electron chi connectivity index (χ1n) is 9.28. The van der Waals surface area contributed by atoms with Crippen molar-refractivity contribution in [3.63, 3.8) is 0 Å². The van der Waals surface area contributed by atoms with Crippen molar-refractivity contribution in [1.29, 1.82) is 0 Å². The largest absolute Gasteiger partial charge is 0.508 e. The van der Waals surface area contributed by atoms with Gasteiger partial charge in [-0.05, 0) is 62.0 Å². The van der Waals surface area contributed by atoms with Crippen LogP contribution in [-0.2, 0) is 11.8 Å². The molecular formula is C22H29NO. The maximum Gasteiger partial charge on any atom is 0.115 e. The lowest BCUT2D eigenvalue weighted by atomic mass is 9.76. The van der Waals surface area contributed by atoms with Crippen LogP contribution in [0.2, 0.25) is 0 Å². The normalized spacial score (nSPS) is 21.2. The minimum Gasteiger partial charge on any atom is -0.508 e. The van der Waals surface area contributed by atoms with Crippen molar-refractivity contribution in [3.8, 4) is 5.75 Å². The Labute approximate surface area is 146 Å². The molecule has 2 aromatic rings. The molecule has 0 amide bonds. The second kappa shape index (κ2) is 7.85. The van der Waals surface area contributed by atoms with Crippen LogP contribution in [0, 0.1) is 0 Å². The van der Waals surface area contributed by atoms with Crippen molar-refractivity contribution in [3.05, 3.63) is 65.7 Å². The lowest BCUT2D eigenvalue weighted by Gasteiger charge is -2.30. The molecule has 128 valence electrons. The summed E-state index contributed by atoms with van der Waals surface area (Å²) >= 11 is 0. The Morgan fingerprint density at radius 3 is 2.67 bits per heavy atom. The summed E-state index contributed by atoms with van der Waals surface area (Å²) in [6.07, 6.45) is 5.96. The molecule has 1 N–H and O–H groups in total. The van der Waals surface area contributed by atoms with E-state index in [1.807, 2.05) is 12.1 Å². The van der Waals surface area contributed by atoms with E-state index in [4.69, 9.17) is 0 Å². The zero-order chi connectivity index (χ0) is 16.8. The van der Waals surface area contributed by atoms with Crippen molar-refractivity contribution in [2.45, 2.75) is 44.4 Å². The molecule has 1 aliphatic heterocycles. The van der Waals surface area contributed by atoms with Crippen LogP contribution in [0.5, 0.6) is 5.75 Å². The Morgan fingerprint density at radius 2 is 1.92 bits per heavy atom. The van der Waals surface area contributed by atoms with Gasteiger partial charge < -0.3 is 10.0 Å². The third kappa shape index (κ3) is 3.99. The highest BCUT2D eigenvalue weighted by Crippen LogP contribution is 2.39. The summed E-state index contributed by atoms with van der Waals surface area (Å²) in [5, 5.41) is 9.88. The van der Waals surface area contributed by atoms with E-state index < -0.39 is 0 Å². The summed E-state index contributed by atoms with van der Waals surface area (Å²) in [5.74, 6) is 0.394. The number of hydrogen-bond donors (Lipinski definition) is 1. The molecule has 1 atom stereocenters. The predicted molar refractivity (Wildman–Crippen MR) is 101 cm³/mol. The van der Waals surface area contributed by atoms with Crippen LogP contribution in [0.1, 0.15) is 43.7 Å². The van der Waals surface area contributed by atoms with E-state index in [0.29, 0.717) is 5.75 Å². The van der Waals surface area contributed by atoms with E-state index in [-0.39, 0.29) is 5.41 Å². The van der Waals surface area contributed by atoms with Crippen molar-refractivity contribution >= 4 is 0 Å². The van der Waals surface area contributed by atoms with E-state index in [1.54, 1.807) is 6.07 Å². The zero-order valence-corrected chi connectivity index (χ0v) is 14.7. The van der Waals surface area contributed by atoms with Crippen molar-refractivity contribution in [1.82, 2.24) is 4.90 Å². The average molecular weight is 323 g/mol. The fraction of sp³-hybridized carbons (Fsp3) is 0.455. The summed E-state index contributed by atoms with van der Waals surface area (Å²) in [6, 6.07) is 18.7. The van der Waals surface area contributed by atoms with Gasteiger partial charge in [0.25, 0.3) is 0 Å². The van der Waals surface area contributed by atoms with E-state index in [2.05, 4.69) is 48.2 Å². The number of benzene rings is 2. The Kier molecular flexibility index (Phi) is 5.57. The smallest absolute Gasteiger partial charge is 0.115 e. The number of phenols is 1. The molecular weight excluding hydrogens is 294 g/mol. The lowest BCUT2D eigenvalue weighted by Crippen LogP contribution is -2.31. The highest BCUT2D eigenvalue weighted by atomic mass is 16.3. The molecule has 0 aromatic heterocycles. The van der Waals surface area contributed by atoms with E-state index in [9.17, 15) is 5.11 Å². The molecule has 2 nitrogen and oxygen atoms in total. The first kappa shape index (κ1) is 17.0. The molecule has 24 heavy (non-hydrogen) atoms. The van der Waals surface area contributed by atoms with Crippen LogP contribution in [-0.4, -0.2) is 29.6 Å². The van der Waals surface area contributed by atoms with Gasteiger partial charge in [0.15, 0.2) is 0 Å². The van der Waals surface area contributed by atoms with Crippen LogP contribution in [0.25, 0.3) is 0 Å². The molecule has 0 spiro atoms. The second-order valence-corrected chi connectivity index (χ2v) is 7.20. The molecule has 0 aliphatic carbocycles. The van der Waals surface area contributed by atoms with Gasteiger partial charge in [-0.2, -0.15) is 0 Å². The van der Waals surface area contributed by atoms with Crippen LogP contribution in [0.3, 0.4) is 0 Å². The number of nitrogens with zero attached hydrogens (tertiary/aromatic N) is 1. The number of phenolic OH excluding ortho intramolecular Hbond substituents is 1. The van der Waals surface area contributed by atoms with Gasteiger partial charge in [-0.3, -0.25) is 0 Å². The summed E-state index contributed by atoms with van der Waals surface area (Å²) in [7, 11) is 0. The summed E-state index contributed by atoms with van der Waals surface area (Å²) in [6.45, 7) is 5.73. The first-order chi connectivity index (χ1) is 11.7. The van der Waals surface area contributed by atoms with Gasteiger partial charge >= 0.3 is 0 Å². The quantitative estimate of drug-likeness (QED) is 0.793. The lowest BCUT2D eigenvalue weighted by molar-refractivity contribution is 0.297. The topological polar surface area (TPSA) is 23.5 Å². The molecule has 1 fully saturated rings. The van der Waals surface area contributed by atoms with Gasteiger partial charge in [0.1, 0.15) is 5.75 Å². The standard InChI is InChI=1S/C22H29NO/c1-2-13-22(20-11-6-12-21(24)17-20)14-16-23(18-22)15-7-10-19-8-4-3-5-9-19/h3-6,8-9,11-12,17,24H,2,7,10,13-16,18H2,1H3. The summed E-state index contributed by atoms with van der Waals surface area (Å²) < 4.78 is 0. The minimum absolute atomic E-state index is 0.222. The monoisotopic (exact) mass is 323 g/mol. The molecule has 1 saturated heterocycles. The predicted octanol–water partition coefficient (Wildman–Crippen LogP) is 4.77. The van der Waals surface area contributed by atoms with Crippen LogP contribution in [0.15, 0.2) is 54.6 Å². The number of likely N-dealkylation sites (tertiary alicyclic amines) is 1. The second-order valence-electron chi connectivity index (χ2n) is 7.20. The molecule has 1 heterocycles. The van der Waals surface area contributed by atoms with Gasteiger partial charge in [0.2, 0.25) is 0 Å². The molecule has 0 radical (unpaired) electrons. The Bertz CT molecular complexity index is 639. The number of aryl methyl sites for hydroxylation is 1. The molecule has 3 rings (SSSR count). The summed E-state index contributed by atoms with van der Waals surface area (Å²) in [5.41, 5.74) is 2.97. The van der Waals surface area contributed by atoms with E-state index >= 15 is 0 Å². The third-order valence-corrected chi connectivity index (χ3v) is 5.40. The fourth-order valence-electron chi connectivity index (χ4n) is 4.20. The van der Waals surface area contributed by atoms with Gasteiger partial charge in [0.05, 0.1) is 0 Å². The van der Waals surface area contributed by atoms with E-state index in [0.717, 1.165) is 13.0 Å². The average Bonchev–Trinajstić information content (AvgIpc) is 3.01. The first-order valence-corrected chi connectivity index (χ1v) is 9.28. The molecule has 2 aromatic carbocycles. The fourth-order valence-corrected chi connectivity index (χ4v) is 4.20. The minimum atomic E-state index is 0.222. The van der Waals surface area contributed by atoms with Crippen molar-refractivity contribution < 1.29 is 5.11 Å². The van der Waals surface area contributed by atoms with Crippen molar-refractivity contribution in [2.24, 2.45) is 0 Å². The SMILES string of the molecule is CCCC1(c2cccc(O)c2)CCN(CCCc2ccccc2)C1.